The second kappa shape index (κ2) is 5.94. The van der Waals surface area contributed by atoms with Gasteiger partial charge in [-0.2, -0.15) is 0 Å². The first-order chi connectivity index (χ1) is 10.7. The zero-order valence-electron chi connectivity index (χ0n) is 12.0. The second-order valence-corrected chi connectivity index (χ2v) is 5.33. The van der Waals surface area contributed by atoms with Crippen LogP contribution in [0.1, 0.15) is 5.69 Å². The lowest BCUT2D eigenvalue weighted by Crippen LogP contribution is -1.96. The summed E-state index contributed by atoms with van der Waals surface area (Å²) < 4.78 is 5.13. The van der Waals surface area contributed by atoms with Gasteiger partial charge in [0.25, 0.3) is 5.56 Å². The minimum Gasteiger partial charge on any atom is -0.497 e. The van der Waals surface area contributed by atoms with Gasteiger partial charge < -0.3 is 9.84 Å². The SMILES string of the molecule is COc1ccc(-c2csc(N=Nc3c(C)[nH][nH]c3=O)n2)cc1. The number of rotatable bonds is 4. The van der Waals surface area contributed by atoms with Crippen LogP contribution < -0.4 is 10.3 Å². The van der Waals surface area contributed by atoms with Gasteiger partial charge in [0.2, 0.25) is 5.13 Å². The van der Waals surface area contributed by atoms with Gasteiger partial charge in [0.05, 0.1) is 18.5 Å². The van der Waals surface area contributed by atoms with Gasteiger partial charge in [-0.25, -0.2) is 4.98 Å². The van der Waals surface area contributed by atoms with Crippen LogP contribution in [0.25, 0.3) is 11.3 Å². The summed E-state index contributed by atoms with van der Waals surface area (Å²) in [5, 5.41) is 15.5. The number of aromatic nitrogens is 3. The van der Waals surface area contributed by atoms with Crippen molar-refractivity contribution in [3.63, 3.8) is 0 Å². The van der Waals surface area contributed by atoms with Gasteiger partial charge >= 0.3 is 0 Å². The molecule has 8 heteroatoms. The number of nitrogens with zero attached hydrogens (tertiary/aromatic N) is 3. The number of benzene rings is 1. The Morgan fingerprint density at radius 1 is 1.18 bits per heavy atom. The number of azo groups is 1. The van der Waals surface area contributed by atoms with Gasteiger partial charge in [0.15, 0.2) is 5.69 Å². The summed E-state index contributed by atoms with van der Waals surface area (Å²) in [5.74, 6) is 0.793. The molecule has 0 radical (unpaired) electrons. The van der Waals surface area contributed by atoms with Crippen molar-refractivity contribution in [3.8, 4) is 17.0 Å². The number of hydrogen-bond donors (Lipinski definition) is 2. The summed E-state index contributed by atoms with van der Waals surface area (Å²) >= 11 is 1.36. The molecule has 0 aliphatic rings. The Hall–Kier alpha value is -2.74. The normalized spacial score (nSPS) is 11.2. The van der Waals surface area contributed by atoms with Crippen molar-refractivity contribution in [2.24, 2.45) is 10.2 Å². The minimum atomic E-state index is -0.298. The maximum atomic E-state index is 11.5. The Morgan fingerprint density at radius 3 is 2.59 bits per heavy atom. The quantitative estimate of drug-likeness (QED) is 0.720. The van der Waals surface area contributed by atoms with E-state index in [1.54, 1.807) is 14.0 Å². The Labute approximate surface area is 129 Å². The topological polar surface area (TPSA) is 95.5 Å². The molecule has 0 saturated heterocycles. The standard InChI is InChI=1S/C14H13N5O2S/c1-8-12(13(20)18-16-8)17-19-14-15-11(7-22-14)9-3-5-10(21-2)6-4-9/h3-7H,1-2H3,(H2,16,18,20). The fourth-order valence-electron chi connectivity index (χ4n) is 1.86. The summed E-state index contributed by atoms with van der Waals surface area (Å²) in [6.45, 7) is 1.75. The minimum absolute atomic E-state index is 0.265. The van der Waals surface area contributed by atoms with Crippen LogP contribution in [0.15, 0.2) is 44.7 Å². The number of ether oxygens (including phenoxy) is 1. The highest BCUT2D eigenvalue weighted by atomic mass is 32.1. The zero-order valence-corrected chi connectivity index (χ0v) is 12.8. The van der Waals surface area contributed by atoms with Crippen molar-refractivity contribution in [1.29, 1.82) is 0 Å². The average Bonchev–Trinajstić information content (AvgIpc) is 3.13. The van der Waals surface area contributed by atoms with E-state index in [0.29, 0.717) is 10.8 Å². The molecular formula is C14H13N5O2S. The van der Waals surface area contributed by atoms with E-state index in [2.05, 4.69) is 25.4 Å². The van der Waals surface area contributed by atoms with Crippen molar-refractivity contribution in [1.82, 2.24) is 15.2 Å². The van der Waals surface area contributed by atoms with Crippen LogP contribution in [-0.4, -0.2) is 22.3 Å². The van der Waals surface area contributed by atoms with Gasteiger partial charge in [-0.05, 0) is 31.2 Å². The molecule has 2 aromatic heterocycles. The highest BCUT2D eigenvalue weighted by Crippen LogP contribution is 2.28. The molecule has 0 bridgehead atoms. The first kappa shape index (κ1) is 14.2. The van der Waals surface area contributed by atoms with Gasteiger partial charge in [-0.15, -0.1) is 21.6 Å². The first-order valence-electron chi connectivity index (χ1n) is 6.46. The predicted octanol–water partition coefficient (Wildman–Crippen LogP) is 3.56. The van der Waals surface area contributed by atoms with E-state index < -0.39 is 0 Å². The number of thiazole rings is 1. The van der Waals surface area contributed by atoms with Crippen LogP contribution in [0.4, 0.5) is 10.8 Å². The maximum absolute atomic E-state index is 11.5. The van der Waals surface area contributed by atoms with Crippen LogP contribution in [0.3, 0.4) is 0 Å². The highest BCUT2D eigenvalue weighted by Gasteiger charge is 2.07. The fourth-order valence-corrected chi connectivity index (χ4v) is 2.50. The molecule has 0 fully saturated rings. The molecule has 3 rings (SSSR count). The summed E-state index contributed by atoms with van der Waals surface area (Å²) in [6.07, 6.45) is 0. The number of aromatic amines is 2. The van der Waals surface area contributed by atoms with Crippen molar-refractivity contribution in [2.45, 2.75) is 6.92 Å². The van der Waals surface area contributed by atoms with Crippen LogP contribution in [0.5, 0.6) is 5.75 Å². The molecule has 3 aromatic rings. The van der Waals surface area contributed by atoms with Crippen LogP contribution in [0, 0.1) is 6.92 Å². The zero-order chi connectivity index (χ0) is 15.5. The van der Waals surface area contributed by atoms with Gasteiger partial charge in [-0.1, -0.05) is 0 Å². The van der Waals surface area contributed by atoms with Crippen LogP contribution in [-0.2, 0) is 0 Å². The lowest BCUT2D eigenvalue weighted by Gasteiger charge is -2.00. The highest BCUT2D eigenvalue weighted by molar-refractivity contribution is 7.13. The number of aryl methyl sites for hydroxylation is 1. The van der Waals surface area contributed by atoms with Gasteiger partial charge in [0, 0.05) is 10.9 Å². The second-order valence-electron chi connectivity index (χ2n) is 4.50. The predicted molar refractivity (Wildman–Crippen MR) is 84.4 cm³/mol. The van der Waals surface area contributed by atoms with Crippen LogP contribution >= 0.6 is 11.3 Å². The van der Waals surface area contributed by atoms with E-state index in [4.69, 9.17) is 4.74 Å². The third kappa shape index (κ3) is 2.82. The molecule has 2 heterocycles. The molecule has 0 saturated carbocycles. The summed E-state index contributed by atoms with van der Waals surface area (Å²) in [5.41, 5.74) is 2.38. The molecule has 112 valence electrons. The molecule has 1 aromatic carbocycles. The lowest BCUT2D eigenvalue weighted by molar-refractivity contribution is 0.415. The first-order valence-corrected chi connectivity index (χ1v) is 7.34. The molecule has 0 amide bonds. The smallest absolute Gasteiger partial charge is 0.291 e. The Morgan fingerprint density at radius 2 is 1.95 bits per heavy atom. The summed E-state index contributed by atoms with van der Waals surface area (Å²) in [7, 11) is 1.63. The van der Waals surface area contributed by atoms with E-state index in [9.17, 15) is 4.79 Å². The van der Waals surface area contributed by atoms with Crippen molar-refractivity contribution in [2.75, 3.05) is 7.11 Å². The van der Waals surface area contributed by atoms with E-state index in [0.717, 1.165) is 17.0 Å². The third-order valence-corrected chi connectivity index (χ3v) is 3.77. The Balaban J connectivity index is 1.83. The average molecular weight is 315 g/mol. The van der Waals surface area contributed by atoms with Gasteiger partial charge in [0.1, 0.15) is 5.75 Å². The van der Waals surface area contributed by atoms with Gasteiger partial charge in [-0.3, -0.25) is 9.89 Å². The van der Waals surface area contributed by atoms with Crippen molar-refractivity contribution >= 4 is 22.2 Å². The molecule has 0 unspecified atom stereocenters. The van der Waals surface area contributed by atoms with E-state index in [1.807, 2.05) is 29.6 Å². The fraction of sp³-hybridized carbons (Fsp3) is 0.143. The molecule has 0 spiro atoms. The summed E-state index contributed by atoms with van der Waals surface area (Å²) in [4.78, 5) is 15.9. The number of hydrogen-bond acceptors (Lipinski definition) is 6. The van der Waals surface area contributed by atoms with E-state index in [1.165, 1.54) is 11.3 Å². The molecule has 0 aliphatic carbocycles. The largest absolute Gasteiger partial charge is 0.497 e. The molecular weight excluding hydrogens is 302 g/mol. The third-order valence-electron chi connectivity index (χ3n) is 3.05. The van der Waals surface area contributed by atoms with Crippen LogP contribution in [0.2, 0.25) is 0 Å². The Kier molecular flexibility index (Phi) is 3.84. The number of nitrogens with one attached hydrogen (secondary N) is 2. The maximum Gasteiger partial charge on any atom is 0.291 e. The molecule has 0 atom stereocenters. The monoisotopic (exact) mass is 315 g/mol. The number of methoxy groups -OCH3 is 1. The summed E-state index contributed by atoms with van der Waals surface area (Å²) in [6, 6.07) is 7.60. The van der Waals surface area contributed by atoms with Crippen molar-refractivity contribution < 1.29 is 4.74 Å². The van der Waals surface area contributed by atoms with E-state index >= 15 is 0 Å². The molecule has 7 nitrogen and oxygen atoms in total. The number of H-pyrrole nitrogens is 2. The Bertz CT molecular complexity index is 860. The van der Waals surface area contributed by atoms with Crippen molar-refractivity contribution in [3.05, 3.63) is 45.7 Å². The molecule has 2 N–H and O–H groups in total. The molecule has 22 heavy (non-hydrogen) atoms. The van der Waals surface area contributed by atoms with E-state index in [-0.39, 0.29) is 11.2 Å². The lowest BCUT2D eigenvalue weighted by atomic mass is 10.2. The molecule has 0 aliphatic heterocycles.